The van der Waals surface area contributed by atoms with Crippen molar-refractivity contribution < 1.29 is 19.1 Å². The van der Waals surface area contributed by atoms with Gasteiger partial charge in [0.15, 0.2) is 0 Å². The van der Waals surface area contributed by atoms with Crippen molar-refractivity contribution in [2.24, 2.45) is 11.3 Å². The Kier molecular flexibility index (Phi) is 6.49. The lowest BCUT2D eigenvalue weighted by atomic mass is 9.61. The standard InChI is InChI=1S/C18H25NO4/c1-6-14(7-8-15(19)22-4)18(11-16(20)23-5)10-12(2)9-13(3)17(18)21/h6-8,13,19H,2,9-11H2,1,3-5H3/b8-7-,14-6-,19-15?/t13-,18?/m1/s1. The zero-order valence-electron chi connectivity index (χ0n) is 14.3. The second-order valence-corrected chi connectivity index (χ2v) is 5.88. The van der Waals surface area contributed by atoms with Crippen LogP contribution in [0.1, 0.15) is 33.1 Å². The fourth-order valence-corrected chi connectivity index (χ4v) is 3.16. The summed E-state index contributed by atoms with van der Waals surface area (Å²) in [4.78, 5) is 24.9. The van der Waals surface area contributed by atoms with Crippen molar-refractivity contribution in [3.8, 4) is 0 Å². The summed E-state index contributed by atoms with van der Waals surface area (Å²) in [5, 5.41) is 7.56. The molecular weight excluding hydrogens is 294 g/mol. The highest BCUT2D eigenvalue weighted by atomic mass is 16.5. The van der Waals surface area contributed by atoms with E-state index in [0.717, 1.165) is 5.57 Å². The van der Waals surface area contributed by atoms with Crippen LogP contribution in [-0.2, 0) is 19.1 Å². The minimum atomic E-state index is -0.985. The molecule has 0 aromatic heterocycles. The Balaban J connectivity index is 3.35. The van der Waals surface area contributed by atoms with Gasteiger partial charge in [-0.05, 0) is 31.4 Å². The number of rotatable bonds is 5. The number of ketones is 1. The Morgan fingerprint density at radius 3 is 2.57 bits per heavy atom. The number of Topliss-reactive ketones (excluding diaryl/α,β-unsaturated/α-hetero) is 1. The quantitative estimate of drug-likeness (QED) is 0.277. The summed E-state index contributed by atoms with van der Waals surface area (Å²) < 4.78 is 9.61. The molecule has 0 aliphatic heterocycles. The van der Waals surface area contributed by atoms with Gasteiger partial charge in [0.25, 0.3) is 0 Å². The first-order valence-electron chi connectivity index (χ1n) is 7.56. The van der Waals surface area contributed by atoms with Crippen LogP contribution in [-0.4, -0.2) is 31.9 Å². The molecule has 0 radical (unpaired) electrons. The number of carbonyl (C=O) groups excluding carboxylic acids is 2. The van der Waals surface area contributed by atoms with Crippen LogP contribution >= 0.6 is 0 Å². The fourth-order valence-electron chi connectivity index (χ4n) is 3.16. The summed E-state index contributed by atoms with van der Waals surface area (Å²) in [7, 11) is 2.72. The van der Waals surface area contributed by atoms with Crippen LogP contribution in [0, 0.1) is 16.7 Å². The number of hydrogen-bond donors (Lipinski definition) is 1. The number of esters is 1. The normalized spacial score (nSPS) is 25.6. The van der Waals surface area contributed by atoms with Crippen LogP contribution in [0.2, 0.25) is 0 Å². The Morgan fingerprint density at radius 2 is 2.04 bits per heavy atom. The molecule has 1 aliphatic carbocycles. The van der Waals surface area contributed by atoms with E-state index in [1.165, 1.54) is 20.3 Å². The molecule has 0 bridgehead atoms. The summed E-state index contributed by atoms with van der Waals surface area (Å²) in [5.41, 5.74) is 0.638. The maximum Gasteiger partial charge on any atom is 0.306 e. The molecule has 1 saturated carbocycles. The van der Waals surface area contributed by atoms with Gasteiger partial charge in [-0.2, -0.15) is 0 Å². The fraction of sp³-hybridized carbons (Fsp3) is 0.500. The summed E-state index contributed by atoms with van der Waals surface area (Å²) in [6.07, 6.45) is 5.95. The van der Waals surface area contributed by atoms with Crippen LogP contribution in [0.3, 0.4) is 0 Å². The molecule has 0 aromatic carbocycles. The van der Waals surface area contributed by atoms with Crippen molar-refractivity contribution in [2.75, 3.05) is 14.2 Å². The van der Waals surface area contributed by atoms with Gasteiger partial charge in [0, 0.05) is 5.92 Å². The van der Waals surface area contributed by atoms with Gasteiger partial charge in [-0.25, -0.2) is 0 Å². The summed E-state index contributed by atoms with van der Waals surface area (Å²) in [6, 6.07) is 0. The molecule has 1 fully saturated rings. The topological polar surface area (TPSA) is 76.5 Å². The third-order valence-electron chi connectivity index (χ3n) is 4.24. The van der Waals surface area contributed by atoms with Crippen LogP contribution in [0.15, 0.2) is 36.0 Å². The molecule has 5 heteroatoms. The number of nitrogens with one attached hydrogen (secondary N) is 1. The molecule has 1 N–H and O–H groups in total. The number of allylic oxidation sites excluding steroid dienone is 4. The predicted octanol–water partition coefficient (Wildman–Crippen LogP) is 3.22. The van der Waals surface area contributed by atoms with E-state index < -0.39 is 11.4 Å². The van der Waals surface area contributed by atoms with Crippen molar-refractivity contribution in [1.29, 1.82) is 5.41 Å². The molecule has 0 heterocycles. The molecule has 1 aliphatic rings. The van der Waals surface area contributed by atoms with Crippen LogP contribution in [0.25, 0.3) is 0 Å². The van der Waals surface area contributed by atoms with E-state index in [4.69, 9.17) is 14.9 Å². The molecule has 126 valence electrons. The molecule has 0 spiro atoms. The molecule has 1 unspecified atom stereocenters. The van der Waals surface area contributed by atoms with Crippen molar-refractivity contribution in [2.45, 2.75) is 33.1 Å². The van der Waals surface area contributed by atoms with E-state index in [-0.39, 0.29) is 24.0 Å². The highest BCUT2D eigenvalue weighted by Gasteiger charge is 2.47. The molecule has 0 amide bonds. The first kappa shape index (κ1) is 18.9. The lowest BCUT2D eigenvalue weighted by Gasteiger charge is -2.40. The zero-order valence-corrected chi connectivity index (χ0v) is 14.3. The smallest absolute Gasteiger partial charge is 0.306 e. The second-order valence-electron chi connectivity index (χ2n) is 5.88. The number of hydrogen-bond acceptors (Lipinski definition) is 5. The van der Waals surface area contributed by atoms with Gasteiger partial charge in [-0.3, -0.25) is 15.0 Å². The minimum Gasteiger partial charge on any atom is -0.481 e. The van der Waals surface area contributed by atoms with E-state index in [2.05, 4.69) is 6.58 Å². The maximum absolute atomic E-state index is 13.0. The van der Waals surface area contributed by atoms with Gasteiger partial charge in [0.05, 0.1) is 26.1 Å². The summed E-state index contributed by atoms with van der Waals surface area (Å²) in [6.45, 7) is 7.70. The molecule has 1 rings (SSSR count). The SMILES string of the molecule is C=C1C[C@@H](C)C(=O)C(CC(=O)OC)(C(/C=C\C(=N)OC)=C\C)C1. The summed E-state index contributed by atoms with van der Waals surface area (Å²) in [5.74, 6) is -0.648. The van der Waals surface area contributed by atoms with E-state index in [9.17, 15) is 9.59 Å². The molecular formula is C18H25NO4. The highest BCUT2D eigenvalue weighted by Crippen LogP contribution is 2.47. The van der Waals surface area contributed by atoms with Gasteiger partial charge in [0.2, 0.25) is 5.90 Å². The Hall–Kier alpha value is -2.17. The average Bonchev–Trinajstić information content (AvgIpc) is 2.52. The van der Waals surface area contributed by atoms with Gasteiger partial charge in [0.1, 0.15) is 5.78 Å². The van der Waals surface area contributed by atoms with E-state index in [0.29, 0.717) is 18.4 Å². The molecule has 2 atom stereocenters. The van der Waals surface area contributed by atoms with E-state index in [1.54, 1.807) is 12.2 Å². The maximum atomic E-state index is 13.0. The van der Waals surface area contributed by atoms with Crippen molar-refractivity contribution in [3.63, 3.8) is 0 Å². The van der Waals surface area contributed by atoms with E-state index >= 15 is 0 Å². The first-order chi connectivity index (χ1) is 10.8. The third-order valence-corrected chi connectivity index (χ3v) is 4.24. The van der Waals surface area contributed by atoms with Crippen LogP contribution < -0.4 is 0 Å². The third kappa shape index (κ3) is 4.18. The van der Waals surface area contributed by atoms with Crippen LogP contribution in [0.5, 0.6) is 0 Å². The molecule has 0 saturated heterocycles. The predicted molar refractivity (Wildman–Crippen MR) is 89.2 cm³/mol. The molecule has 0 aromatic rings. The Labute approximate surface area is 137 Å². The monoisotopic (exact) mass is 319 g/mol. The summed E-state index contributed by atoms with van der Waals surface area (Å²) >= 11 is 0. The minimum absolute atomic E-state index is 0.0111. The number of ether oxygens (including phenoxy) is 2. The number of methoxy groups -OCH3 is 2. The van der Waals surface area contributed by atoms with Gasteiger partial charge in [-0.15, -0.1) is 0 Å². The van der Waals surface area contributed by atoms with Crippen LogP contribution in [0.4, 0.5) is 0 Å². The van der Waals surface area contributed by atoms with Crippen molar-refractivity contribution >= 4 is 17.7 Å². The van der Waals surface area contributed by atoms with Gasteiger partial charge >= 0.3 is 5.97 Å². The lowest BCUT2D eigenvalue weighted by molar-refractivity contribution is -0.147. The largest absolute Gasteiger partial charge is 0.481 e. The Morgan fingerprint density at radius 1 is 1.39 bits per heavy atom. The average molecular weight is 319 g/mol. The lowest BCUT2D eigenvalue weighted by Crippen LogP contribution is -2.42. The number of carbonyl (C=O) groups is 2. The van der Waals surface area contributed by atoms with Crippen molar-refractivity contribution in [3.05, 3.63) is 36.0 Å². The second kappa shape index (κ2) is 7.90. The highest BCUT2D eigenvalue weighted by molar-refractivity contribution is 5.96. The van der Waals surface area contributed by atoms with E-state index in [1.807, 2.05) is 13.8 Å². The van der Waals surface area contributed by atoms with Crippen molar-refractivity contribution in [1.82, 2.24) is 0 Å². The molecule has 23 heavy (non-hydrogen) atoms. The Bertz CT molecular complexity index is 574. The zero-order chi connectivity index (χ0) is 17.6. The van der Waals surface area contributed by atoms with Gasteiger partial charge in [-0.1, -0.05) is 31.2 Å². The molecule has 5 nitrogen and oxygen atoms in total. The van der Waals surface area contributed by atoms with Gasteiger partial charge < -0.3 is 9.47 Å². The first-order valence-corrected chi connectivity index (χ1v) is 7.56.